The van der Waals surface area contributed by atoms with Crippen LogP contribution in [0.15, 0.2) is 24.3 Å². The van der Waals surface area contributed by atoms with Gasteiger partial charge in [0.1, 0.15) is 23.8 Å². The summed E-state index contributed by atoms with van der Waals surface area (Å²) in [6.07, 6.45) is -0.120. The molecule has 2 aromatic rings. The molecule has 0 radical (unpaired) electrons. The highest BCUT2D eigenvalue weighted by Gasteiger charge is 2.77. The zero-order chi connectivity index (χ0) is 25.1. The second kappa shape index (κ2) is 8.82. The Morgan fingerprint density at radius 2 is 2.06 bits per heavy atom. The zero-order valence-corrected chi connectivity index (χ0v) is 21.3. The van der Waals surface area contributed by atoms with E-state index in [2.05, 4.69) is 36.9 Å². The summed E-state index contributed by atoms with van der Waals surface area (Å²) in [4.78, 5) is 41.8. The summed E-state index contributed by atoms with van der Waals surface area (Å²) in [7, 11) is 1.53. The topological polar surface area (TPSA) is 139 Å². The SMILES string of the molecule is CNC(=O)[C@H]1[C@H]2C(=O)N([C@@H](CO)C(C)C)C(C(=O)NCn3nnc4ccccc43)C23CC(Br)[C@@H]1O3. The van der Waals surface area contributed by atoms with Gasteiger partial charge in [0, 0.05) is 11.9 Å². The van der Waals surface area contributed by atoms with Gasteiger partial charge in [-0.25, -0.2) is 4.68 Å². The van der Waals surface area contributed by atoms with Gasteiger partial charge in [0.25, 0.3) is 0 Å². The molecule has 0 aliphatic carbocycles. The van der Waals surface area contributed by atoms with Crippen LogP contribution in [-0.2, 0) is 25.8 Å². The number of halogens is 1. The number of aromatic nitrogens is 3. The van der Waals surface area contributed by atoms with E-state index < -0.39 is 41.5 Å². The average molecular weight is 549 g/mol. The molecule has 3 aliphatic heterocycles. The van der Waals surface area contributed by atoms with Crippen molar-refractivity contribution in [3.63, 3.8) is 0 Å². The van der Waals surface area contributed by atoms with Gasteiger partial charge in [-0.2, -0.15) is 0 Å². The minimum Gasteiger partial charge on any atom is -0.394 e. The second-order valence-corrected chi connectivity index (χ2v) is 11.0. The van der Waals surface area contributed by atoms with Crippen LogP contribution < -0.4 is 10.6 Å². The van der Waals surface area contributed by atoms with Crippen LogP contribution in [0.4, 0.5) is 0 Å². The van der Waals surface area contributed by atoms with Crippen LogP contribution >= 0.6 is 15.9 Å². The predicted molar refractivity (Wildman–Crippen MR) is 128 cm³/mol. The third kappa shape index (κ3) is 3.48. The summed E-state index contributed by atoms with van der Waals surface area (Å²) >= 11 is 3.62. The fourth-order valence-corrected chi connectivity index (χ4v) is 7.04. The van der Waals surface area contributed by atoms with Gasteiger partial charge in [0.05, 0.1) is 36.1 Å². The molecule has 0 saturated carbocycles. The first-order valence-electron chi connectivity index (χ1n) is 11.8. The first-order valence-corrected chi connectivity index (χ1v) is 12.7. The fraction of sp³-hybridized carbons (Fsp3) is 0.609. The number of aliphatic hydroxyl groups excluding tert-OH is 1. The Morgan fingerprint density at radius 1 is 1.31 bits per heavy atom. The number of fused-ring (bicyclic) bond motifs is 2. The van der Waals surface area contributed by atoms with E-state index >= 15 is 0 Å². The Bertz CT molecular complexity index is 1170. The first-order chi connectivity index (χ1) is 16.7. The van der Waals surface area contributed by atoms with Crippen molar-refractivity contribution in [3.05, 3.63) is 24.3 Å². The van der Waals surface area contributed by atoms with Gasteiger partial charge in [-0.15, -0.1) is 5.10 Å². The van der Waals surface area contributed by atoms with Crippen molar-refractivity contribution in [2.24, 2.45) is 17.8 Å². The highest BCUT2D eigenvalue weighted by Crippen LogP contribution is 2.60. The lowest BCUT2D eigenvalue weighted by Gasteiger charge is -2.38. The van der Waals surface area contributed by atoms with Crippen molar-refractivity contribution < 1.29 is 24.2 Å². The zero-order valence-electron chi connectivity index (χ0n) is 19.7. The number of aliphatic hydroxyl groups is 1. The third-order valence-corrected chi connectivity index (χ3v) is 8.51. The van der Waals surface area contributed by atoms with Crippen LogP contribution in [0.5, 0.6) is 0 Å². The number of hydrogen-bond acceptors (Lipinski definition) is 7. The van der Waals surface area contributed by atoms with E-state index in [9.17, 15) is 19.5 Å². The Morgan fingerprint density at radius 3 is 2.74 bits per heavy atom. The van der Waals surface area contributed by atoms with Gasteiger partial charge in [0.2, 0.25) is 17.7 Å². The molecule has 3 amide bonds. The van der Waals surface area contributed by atoms with E-state index in [1.807, 2.05) is 38.1 Å². The molecule has 3 unspecified atom stereocenters. The summed E-state index contributed by atoms with van der Waals surface area (Å²) in [6, 6.07) is 5.79. The molecule has 2 bridgehead atoms. The maximum Gasteiger partial charge on any atom is 0.247 e. The number of carbonyl (C=O) groups excluding carboxylic acids is 3. The summed E-state index contributed by atoms with van der Waals surface area (Å²) < 4.78 is 7.97. The monoisotopic (exact) mass is 548 g/mol. The molecule has 11 nitrogen and oxygen atoms in total. The molecule has 7 atom stereocenters. The van der Waals surface area contributed by atoms with E-state index in [1.165, 1.54) is 11.9 Å². The molecular formula is C23H29BrN6O5. The molecule has 4 heterocycles. The van der Waals surface area contributed by atoms with E-state index in [1.54, 1.807) is 4.68 Å². The van der Waals surface area contributed by atoms with Crippen molar-refractivity contribution in [2.45, 2.75) is 55.6 Å². The molecule has 12 heteroatoms. The van der Waals surface area contributed by atoms with Gasteiger partial charge < -0.3 is 25.4 Å². The van der Waals surface area contributed by atoms with E-state index in [-0.39, 0.29) is 35.8 Å². The minimum atomic E-state index is -1.18. The van der Waals surface area contributed by atoms with Crippen molar-refractivity contribution in [1.82, 2.24) is 30.5 Å². The first kappa shape index (κ1) is 24.1. The summed E-state index contributed by atoms with van der Waals surface area (Å²) in [5.74, 6) is -2.70. The van der Waals surface area contributed by atoms with Gasteiger partial charge in [-0.05, 0) is 24.5 Å². The molecule has 3 saturated heterocycles. The highest BCUT2D eigenvalue weighted by atomic mass is 79.9. The number of rotatable bonds is 7. The number of hydrogen-bond donors (Lipinski definition) is 3. The Balaban J connectivity index is 1.51. The number of carbonyl (C=O) groups is 3. The van der Waals surface area contributed by atoms with Gasteiger partial charge in [-0.1, -0.05) is 47.1 Å². The van der Waals surface area contributed by atoms with Crippen molar-refractivity contribution >= 4 is 44.7 Å². The van der Waals surface area contributed by atoms with Crippen LogP contribution in [0.1, 0.15) is 20.3 Å². The quantitative estimate of drug-likeness (QED) is 0.414. The molecule has 3 N–H and O–H groups in total. The molecule has 3 aliphatic rings. The van der Waals surface area contributed by atoms with Gasteiger partial charge in [-0.3, -0.25) is 14.4 Å². The number of para-hydroxylation sites is 1. The average Bonchev–Trinajstić information content (AvgIpc) is 3.55. The third-order valence-electron chi connectivity index (χ3n) is 7.66. The summed E-state index contributed by atoms with van der Waals surface area (Å²) in [5.41, 5.74) is 0.285. The minimum absolute atomic E-state index is 0.0458. The molecule has 1 aromatic carbocycles. The van der Waals surface area contributed by atoms with Crippen LogP contribution in [0.3, 0.4) is 0 Å². The number of likely N-dealkylation sites (tertiary alicyclic amines) is 1. The second-order valence-electron chi connectivity index (χ2n) is 9.79. The lowest BCUT2D eigenvalue weighted by Crippen LogP contribution is -2.59. The lowest BCUT2D eigenvalue weighted by atomic mass is 9.70. The lowest BCUT2D eigenvalue weighted by molar-refractivity contribution is -0.147. The van der Waals surface area contributed by atoms with Gasteiger partial charge >= 0.3 is 0 Å². The molecule has 1 spiro atoms. The van der Waals surface area contributed by atoms with E-state index in [0.29, 0.717) is 11.9 Å². The summed E-state index contributed by atoms with van der Waals surface area (Å²) in [6.45, 7) is 3.51. The number of benzene rings is 1. The molecule has 188 valence electrons. The van der Waals surface area contributed by atoms with Gasteiger partial charge in [0.15, 0.2) is 0 Å². The number of nitrogens with one attached hydrogen (secondary N) is 2. The van der Waals surface area contributed by atoms with E-state index in [4.69, 9.17) is 4.74 Å². The number of nitrogens with zero attached hydrogens (tertiary/aromatic N) is 4. The molecule has 5 rings (SSSR count). The molecule has 35 heavy (non-hydrogen) atoms. The number of amides is 3. The van der Waals surface area contributed by atoms with Crippen LogP contribution in [0.25, 0.3) is 11.0 Å². The van der Waals surface area contributed by atoms with Crippen molar-refractivity contribution in [2.75, 3.05) is 13.7 Å². The predicted octanol–water partition coefficient (Wildman–Crippen LogP) is 0.0159. The molecule has 3 fully saturated rings. The van der Waals surface area contributed by atoms with Crippen molar-refractivity contribution in [3.8, 4) is 0 Å². The van der Waals surface area contributed by atoms with Crippen LogP contribution in [-0.4, -0.2) is 85.0 Å². The maximum absolute atomic E-state index is 13.9. The normalized spacial score (nSPS) is 32.3. The largest absolute Gasteiger partial charge is 0.394 e. The highest BCUT2D eigenvalue weighted by molar-refractivity contribution is 9.09. The number of ether oxygens (including phenoxy) is 1. The maximum atomic E-state index is 13.9. The standard InChI is InChI=1S/C23H29BrN6O5/c1-11(2)15(9-31)30-19(21(33)26-10-29-14-7-5-4-6-13(14)27-28-29)23-8-12(24)18(35-23)16(20(32)25-3)17(23)22(30)34/h4-7,11-12,15-19,31H,8-10H2,1-3H3,(H,25,32)(H,26,33)/t12?,15-,16-,17-,18-,19?,23?/m0/s1. The smallest absolute Gasteiger partial charge is 0.247 e. The van der Waals surface area contributed by atoms with Crippen LogP contribution in [0.2, 0.25) is 0 Å². The van der Waals surface area contributed by atoms with Crippen LogP contribution in [0, 0.1) is 17.8 Å². The Hall–Kier alpha value is -2.57. The molecular weight excluding hydrogens is 520 g/mol. The molecule has 1 aromatic heterocycles. The Labute approximate surface area is 210 Å². The van der Waals surface area contributed by atoms with Crippen molar-refractivity contribution in [1.29, 1.82) is 0 Å². The fourth-order valence-electron chi connectivity index (χ4n) is 6.09. The summed E-state index contributed by atoms with van der Waals surface area (Å²) in [5, 5.41) is 24.0. The van der Waals surface area contributed by atoms with E-state index in [0.717, 1.165) is 5.52 Å². The Kier molecular flexibility index (Phi) is 6.09. The number of alkyl halides is 1.